The zero-order valence-corrected chi connectivity index (χ0v) is 37.7. The molecule has 1 unspecified atom stereocenters. The molecule has 1 saturated heterocycles. The van der Waals surface area contributed by atoms with Gasteiger partial charge in [-0.15, -0.1) is 0 Å². The van der Waals surface area contributed by atoms with Crippen molar-refractivity contribution in [3.8, 4) is 11.5 Å². The lowest BCUT2D eigenvalue weighted by atomic mass is 10.1. The van der Waals surface area contributed by atoms with Crippen LogP contribution in [0.15, 0.2) is 53.5 Å². The average Bonchev–Trinajstić information content (AvgIpc) is 4.07. The highest BCUT2D eigenvalue weighted by Gasteiger charge is 2.28. The number of aromatic nitrogens is 7. The minimum Gasteiger partial charge on any atom is -0.491 e. The highest BCUT2D eigenvalue weighted by Crippen LogP contribution is 2.40. The summed E-state index contributed by atoms with van der Waals surface area (Å²) in [6.45, 7) is 13.8. The van der Waals surface area contributed by atoms with Crippen LogP contribution in [0.1, 0.15) is 86.7 Å². The van der Waals surface area contributed by atoms with Crippen LogP contribution in [0.5, 0.6) is 11.5 Å². The highest BCUT2D eigenvalue weighted by molar-refractivity contribution is 6.11. The number of morpholine rings is 1. The molecule has 0 radical (unpaired) electrons. The van der Waals surface area contributed by atoms with Crippen LogP contribution in [0.25, 0.3) is 21.9 Å². The van der Waals surface area contributed by atoms with E-state index < -0.39 is 23.9 Å². The molecule has 0 spiro atoms. The minimum atomic E-state index is -0.674. The lowest BCUT2D eigenvalue weighted by Crippen LogP contribution is -2.37. The molecule has 1 atom stereocenters. The Morgan fingerprint density at radius 2 is 1.52 bits per heavy atom. The Balaban J connectivity index is 1.18. The topological polar surface area (TPSA) is 249 Å². The third-order valence-electron chi connectivity index (χ3n) is 11.6. The van der Waals surface area contributed by atoms with Crippen molar-refractivity contribution >= 4 is 57.6 Å². The quantitative estimate of drug-likeness (QED) is 0.0536. The number of anilines is 2. The summed E-state index contributed by atoms with van der Waals surface area (Å²) in [5, 5.41) is 26.0. The van der Waals surface area contributed by atoms with Gasteiger partial charge in [0, 0.05) is 87.1 Å². The van der Waals surface area contributed by atoms with Gasteiger partial charge in [-0.1, -0.05) is 12.2 Å². The number of rotatable bonds is 20. The second-order valence-electron chi connectivity index (χ2n) is 16.2. The largest absolute Gasteiger partial charge is 0.491 e. The number of nitrogens with zero attached hydrogens (tertiary/aromatic N) is 9. The van der Waals surface area contributed by atoms with E-state index >= 15 is 0 Å². The molecule has 348 valence electrons. The van der Waals surface area contributed by atoms with Crippen LogP contribution in [-0.4, -0.2) is 120 Å². The summed E-state index contributed by atoms with van der Waals surface area (Å²) < 4.78 is 25.6. The van der Waals surface area contributed by atoms with Gasteiger partial charge in [0.05, 0.1) is 54.5 Å². The van der Waals surface area contributed by atoms with Gasteiger partial charge >= 0.3 is 0 Å². The molecule has 2 aromatic carbocycles. The zero-order chi connectivity index (χ0) is 46.5. The SMILES string of the molecule is CCn1nc(C)cc1C(=O)Nc1nc2cc(C(N)=O)cc(OCCCO)c2n1C/C=C/Cn1c2c(c3cc(C(N)=O)cc(OCCCN4CCOCC4)c31)C=NC(c1cc(C)nn1CC)N2. The molecule has 1 fully saturated rings. The Labute approximate surface area is 381 Å². The van der Waals surface area contributed by atoms with Crippen LogP contribution in [0.3, 0.4) is 0 Å². The first-order chi connectivity index (χ1) is 32.0. The van der Waals surface area contributed by atoms with E-state index in [9.17, 15) is 19.5 Å². The van der Waals surface area contributed by atoms with Crippen LogP contribution in [-0.2, 0) is 30.9 Å². The molecule has 20 heteroatoms. The van der Waals surface area contributed by atoms with E-state index in [0.29, 0.717) is 85.4 Å². The van der Waals surface area contributed by atoms with Gasteiger partial charge in [-0.2, -0.15) is 10.2 Å². The summed E-state index contributed by atoms with van der Waals surface area (Å²) in [7, 11) is 0. The number of fused-ring (bicyclic) bond motifs is 4. The fraction of sp³-hybridized carbons (Fsp3) is 0.413. The van der Waals surface area contributed by atoms with Crippen molar-refractivity contribution in [2.24, 2.45) is 16.5 Å². The Bertz CT molecular complexity index is 2830. The number of nitrogens with one attached hydrogen (secondary N) is 2. The fourth-order valence-corrected chi connectivity index (χ4v) is 8.49. The predicted molar refractivity (Wildman–Crippen MR) is 250 cm³/mol. The van der Waals surface area contributed by atoms with Crippen LogP contribution in [0.2, 0.25) is 0 Å². The number of hydrogen-bond acceptors (Lipinski definition) is 13. The maximum atomic E-state index is 13.8. The first-order valence-electron chi connectivity index (χ1n) is 22.3. The van der Waals surface area contributed by atoms with E-state index in [2.05, 4.69) is 30.3 Å². The first-order valence-corrected chi connectivity index (χ1v) is 22.3. The van der Waals surface area contributed by atoms with Gasteiger partial charge in [-0.05, 0) is 70.5 Å². The highest BCUT2D eigenvalue weighted by atomic mass is 16.5. The molecular weight excluding hydrogens is 847 g/mol. The van der Waals surface area contributed by atoms with Gasteiger partial charge < -0.3 is 45.2 Å². The van der Waals surface area contributed by atoms with Crippen LogP contribution < -0.4 is 31.6 Å². The Hall–Kier alpha value is -7.03. The number of carbonyl (C=O) groups is 3. The molecule has 66 heavy (non-hydrogen) atoms. The second kappa shape index (κ2) is 20.0. The number of benzene rings is 2. The number of nitrogens with two attached hydrogens (primary N) is 2. The normalized spacial score (nSPS) is 15.1. The minimum absolute atomic E-state index is 0.0986. The number of carbonyl (C=O) groups excluding carboxylic acids is 3. The van der Waals surface area contributed by atoms with E-state index in [1.54, 1.807) is 39.6 Å². The van der Waals surface area contributed by atoms with Crippen molar-refractivity contribution in [2.75, 3.05) is 63.3 Å². The Kier molecular flexibility index (Phi) is 13.8. The summed E-state index contributed by atoms with van der Waals surface area (Å²) in [4.78, 5) is 51.2. The third-order valence-corrected chi connectivity index (χ3v) is 11.6. The number of imidazole rings is 1. The zero-order valence-electron chi connectivity index (χ0n) is 37.7. The second-order valence-corrected chi connectivity index (χ2v) is 16.2. The Morgan fingerprint density at radius 1 is 0.864 bits per heavy atom. The first kappa shape index (κ1) is 45.5. The fourth-order valence-electron chi connectivity index (χ4n) is 8.49. The Morgan fingerprint density at radius 3 is 2.21 bits per heavy atom. The number of ether oxygens (including phenoxy) is 3. The van der Waals surface area contributed by atoms with Crippen LogP contribution in [0, 0.1) is 13.8 Å². The molecule has 0 saturated carbocycles. The van der Waals surface area contributed by atoms with Gasteiger partial charge in [-0.3, -0.25) is 39.0 Å². The number of aliphatic hydroxyl groups is 1. The van der Waals surface area contributed by atoms with E-state index in [4.69, 9.17) is 35.7 Å². The number of primary amides is 2. The van der Waals surface area contributed by atoms with E-state index in [1.165, 1.54) is 0 Å². The summed E-state index contributed by atoms with van der Waals surface area (Å²) in [5.74, 6) is 0.113. The van der Waals surface area contributed by atoms with E-state index in [0.717, 1.165) is 59.7 Å². The molecule has 20 nitrogen and oxygen atoms in total. The van der Waals surface area contributed by atoms with Crippen LogP contribution >= 0.6 is 0 Å². The predicted octanol–water partition coefficient (Wildman–Crippen LogP) is 4.15. The van der Waals surface area contributed by atoms with E-state index in [1.807, 2.05) is 56.8 Å². The van der Waals surface area contributed by atoms with Crippen molar-refractivity contribution < 1.29 is 33.7 Å². The molecule has 6 heterocycles. The molecule has 4 aromatic heterocycles. The number of aliphatic imine (C=N–C) groups is 1. The number of amides is 3. The number of aryl methyl sites for hydroxylation is 4. The van der Waals surface area contributed by atoms with Crippen molar-refractivity contribution in [1.82, 2.24) is 38.6 Å². The van der Waals surface area contributed by atoms with Gasteiger partial charge in [0.15, 0.2) is 6.17 Å². The smallest absolute Gasteiger partial charge is 0.276 e. The molecule has 8 rings (SSSR count). The molecule has 2 aliphatic heterocycles. The van der Waals surface area contributed by atoms with Crippen molar-refractivity contribution in [2.45, 2.75) is 72.9 Å². The maximum Gasteiger partial charge on any atom is 0.276 e. The lowest BCUT2D eigenvalue weighted by Gasteiger charge is -2.26. The number of aliphatic hydroxyl groups excluding tert-OH is 1. The molecule has 6 aromatic rings. The standard InChI is InChI=1S/C46H57N13O7/c1-5-58-35(21-28(3)53-58)43-49-27-33-32-23-30(41(47)61)25-37(65-17-9-11-55-14-19-64-20-15-55)39(32)56(44(33)51-43)12-7-8-13-57-40-34(24-31(42(48)62)26-38(40)66-18-10-16-60)50-46(57)52-45(63)36-22-29(4)54-59(36)6-2/h7-8,21-27,43,51,60H,5-6,9-20H2,1-4H3,(H2,47,61)(H2,48,62)(H,50,52,63)/b8-7+. The molecule has 0 aliphatic carbocycles. The average molecular weight is 904 g/mol. The maximum absolute atomic E-state index is 13.8. The number of hydrogen-bond donors (Lipinski definition) is 5. The summed E-state index contributed by atoms with van der Waals surface area (Å²) in [6.07, 6.45) is 6.41. The van der Waals surface area contributed by atoms with Crippen molar-refractivity contribution in [1.29, 1.82) is 0 Å². The van der Waals surface area contributed by atoms with Gasteiger partial charge in [0.25, 0.3) is 5.91 Å². The van der Waals surface area contributed by atoms with Crippen molar-refractivity contribution in [3.05, 3.63) is 88.0 Å². The molecular formula is C46H57N13O7. The summed E-state index contributed by atoms with van der Waals surface area (Å²) >= 11 is 0. The van der Waals surface area contributed by atoms with Crippen molar-refractivity contribution in [3.63, 3.8) is 0 Å². The third kappa shape index (κ3) is 9.51. The summed E-state index contributed by atoms with van der Waals surface area (Å²) in [5.41, 5.74) is 17.4. The lowest BCUT2D eigenvalue weighted by molar-refractivity contribution is 0.0358. The monoisotopic (exact) mass is 903 g/mol. The van der Waals surface area contributed by atoms with Gasteiger partial charge in [-0.25, -0.2) is 4.98 Å². The summed E-state index contributed by atoms with van der Waals surface area (Å²) in [6, 6.07) is 10.3. The van der Waals surface area contributed by atoms with E-state index in [-0.39, 0.29) is 31.3 Å². The van der Waals surface area contributed by atoms with Gasteiger partial charge in [0.2, 0.25) is 17.8 Å². The molecule has 3 amide bonds. The van der Waals surface area contributed by atoms with Crippen LogP contribution in [0.4, 0.5) is 11.8 Å². The molecule has 0 bridgehead atoms. The molecule has 2 aliphatic rings. The molecule has 7 N–H and O–H groups in total. The van der Waals surface area contributed by atoms with Gasteiger partial charge in [0.1, 0.15) is 28.5 Å². The number of allylic oxidation sites excluding steroid dienone is 2.